The Labute approximate surface area is 134 Å². The zero-order chi connectivity index (χ0) is 17.0. The Morgan fingerprint density at radius 1 is 1.35 bits per heavy atom. The van der Waals surface area contributed by atoms with E-state index in [4.69, 9.17) is 0 Å². The molecule has 1 aromatic carbocycles. The molecule has 0 aliphatic carbocycles. The Morgan fingerprint density at radius 3 is 2.52 bits per heavy atom. The Kier molecular flexibility index (Phi) is 5.34. The molecule has 0 aromatic heterocycles. The van der Waals surface area contributed by atoms with Crippen LogP contribution in [0.3, 0.4) is 0 Å². The predicted molar refractivity (Wildman–Crippen MR) is 81.1 cm³/mol. The van der Waals surface area contributed by atoms with Crippen LogP contribution in [0.15, 0.2) is 24.3 Å². The van der Waals surface area contributed by atoms with Crippen LogP contribution in [0.2, 0.25) is 0 Å². The smallest absolute Gasteiger partial charge is 0.377 e. The van der Waals surface area contributed by atoms with Crippen LogP contribution in [-0.2, 0) is 14.3 Å². The molecule has 0 bridgehead atoms. The summed E-state index contributed by atoms with van der Waals surface area (Å²) in [5.41, 5.74) is 1.60. The number of likely N-dealkylation sites (tertiary alicyclic amines) is 1. The first-order valence-corrected chi connectivity index (χ1v) is 7.76. The summed E-state index contributed by atoms with van der Waals surface area (Å²) in [7, 11) is 0. The van der Waals surface area contributed by atoms with Crippen LogP contribution < -0.4 is 0 Å². The monoisotopic (exact) mass is 325 g/mol. The van der Waals surface area contributed by atoms with Gasteiger partial charge in [0.25, 0.3) is 0 Å². The van der Waals surface area contributed by atoms with Crippen LogP contribution in [0.25, 0.3) is 0 Å². The maximum atomic E-state index is 14.2. The van der Waals surface area contributed by atoms with Gasteiger partial charge in [-0.1, -0.05) is 29.8 Å². The van der Waals surface area contributed by atoms with Gasteiger partial charge in [0.05, 0.1) is 12.6 Å². The lowest BCUT2D eigenvalue weighted by Gasteiger charge is -2.30. The number of amides is 1. The maximum absolute atomic E-state index is 14.2. The van der Waals surface area contributed by atoms with Crippen LogP contribution in [0, 0.1) is 6.92 Å². The van der Waals surface area contributed by atoms with Gasteiger partial charge >= 0.3 is 11.9 Å². The molecule has 6 heteroatoms. The molecular formula is C17H21F2NO3. The molecule has 1 fully saturated rings. The number of rotatable bonds is 6. The number of carbonyl (C=O) groups is 2. The molecule has 0 N–H and O–H groups in total. The van der Waals surface area contributed by atoms with E-state index in [2.05, 4.69) is 4.74 Å². The molecule has 1 aromatic rings. The Hall–Kier alpha value is -1.98. The molecule has 126 valence electrons. The van der Waals surface area contributed by atoms with Crippen molar-refractivity contribution in [3.8, 4) is 0 Å². The molecule has 1 unspecified atom stereocenters. The molecule has 0 saturated carbocycles. The van der Waals surface area contributed by atoms with E-state index in [1.54, 1.807) is 12.1 Å². The molecule has 0 spiro atoms. The fourth-order valence-electron chi connectivity index (χ4n) is 2.76. The number of alkyl halides is 2. The van der Waals surface area contributed by atoms with Gasteiger partial charge in [0, 0.05) is 19.4 Å². The third kappa shape index (κ3) is 4.06. The maximum Gasteiger partial charge on any atom is 0.377 e. The van der Waals surface area contributed by atoms with Crippen LogP contribution in [0.1, 0.15) is 43.4 Å². The number of benzene rings is 1. The van der Waals surface area contributed by atoms with Crippen molar-refractivity contribution in [2.24, 2.45) is 0 Å². The van der Waals surface area contributed by atoms with Crippen molar-refractivity contribution in [3.63, 3.8) is 0 Å². The number of nitrogens with zero attached hydrogens (tertiary/aromatic N) is 1. The first-order chi connectivity index (χ1) is 10.8. The van der Waals surface area contributed by atoms with Gasteiger partial charge in [-0.05, 0) is 25.8 Å². The second-order valence-electron chi connectivity index (χ2n) is 5.75. The van der Waals surface area contributed by atoms with Crippen molar-refractivity contribution in [2.75, 3.05) is 13.2 Å². The first kappa shape index (κ1) is 17.4. The number of esters is 1. The van der Waals surface area contributed by atoms with Gasteiger partial charge in [-0.25, -0.2) is 4.79 Å². The van der Waals surface area contributed by atoms with E-state index < -0.39 is 24.4 Å². The Balaban J connectivity index is 2.28. The number of hydrogen-bond donors (Lipinski definition) is 0. The van der Waals surface area contributed by atoms with Crippen molar-refractivity contribution < 1.29 is 23.1 Å². The van der Waals surface area contributed by atoms with Gasteiger partial charge in [0.1, 0.15) is 0 Å². The zero-order valence-corrected chi connectivity index (χ0v) is 13.4. The zero-order valence-electron chi connectivity index (χ0n) is 13.4. The number of carbonyl (C=O) groups excluding carboxylic acids is 2. The van der Waals surface area contributed by atoms with Crippen molar-refractivity contribution in [3.05, 3.63) is 35.4 Å². The van der Waals surface area contributed by atoms with Crippen molar-refractivity contribution in [2.45, 2.75) is 45.1 Å². The minimum absolute atomic E-state index is 0.105. The van der Waals surface area contributed by atoms with Crippen molar-refractivity contribution in [1.29, 1.82) is 0 Å². The summed E-state index contributed by atoms with van der Waals surface area (Å²) < 4.78 is 32.8. The highest BCUT2D eigenvalue weighted by molar-refractivity contribution is 5.80. The summed E-state index contributed by atoms with van der Waals surface area (Å²) in [6.45, 7) is 3.70. The molecule has 0 radical (unpaired) electrons. The average Bonchev–Trinajstić information content (AvgIpc) is 2.92. The van der Waals surface area contributed by atoms with E-state index >= 15 is 0 Å². The van der Waals surface area contributed by atoms with E-state index in [1.165, 1.54) is 11.8 Å². The highest BCUT2D eigenvalue weighted by atomic mass is 19.3. The molecule has 2 rings (SSSR count). The van der Waals surface area contributed by atoms with Gasteiger partial charge in [0.15, 0.2) is 0 Å². The standard InChI is InChI=1S/C17H21F2NO3/c1-3-23-16(22)17(18,19)11-14(20-10-4-5-15(20)21)13-8-6-12(2)7-9-13/h6-9,14H,3-5,10-11H2,1-2H3. The number of halogens is 2. The van der Waals surface area contributed by atoms with Gasteiger partial charge in [-0.15, -0.1) is 0 Å². The van der Waals surface area contributed by atoms with Crippen molar-refractivity contribution in [1.82, 2.24) is 4.90 Å². The van der Waals surface area contributed by atoms with Crippen molar-refractivity contribution >= 4 is 11.9 Å². The number of ether oxygens (including phenoxy) is 1. The summed E-state index contributed by atoms with van der Waals surface area (Å²) in [6.07, 6.45) is 0.236. The lowest BCUT2D eigenvalue weighted by Crippen LogP contribution is -2.39. The molecule has 23 heavy (non-hydrogen) atoms. The summed E-state index contributed by atoms with van der Waals surface area (Å²) in [4.78, 5) is 25.0. The largest absolute Gasteiger partial charge is 0.462 e. The third-order valence-electron chi connectivity index (χ3n) is 3.97. The van der Waals surface area contributed by atoms with E-state index in [0.717, 1.165) is 5.56 Å². The first-order valence-electron chi connectivity index (χ1n) is 7.76. The quantitative estimate of drug-likeness (QED) is 0.754. The normalized spacial score (nSPS) is 16.5. The van der Waals surface area contributed by atoms with Gasteiger partial charge < -0.3 is 9.64 Å². The fraction of sp³-hybridized carbons (Fsp3) is 0.529. The lowest BCUT2D eigenvalue weighted by molar-refractivity contribution is -0.175. The SMILES string of the molecule is CCOC(=O)C(F)(F)CC(c1ccc(C)cc1)N1CCCC1=O. The van der Waals surface area contributed by atoms with E-state index in [-0.39, 0.29) is 12.5 Å². The minimum Gasteiger partial charge on any atom is -0.462 e. The van der Waals surface area contributed by atoms with Gasteiger partial charge in [-0.3, -0.25) is 4.79 Å². The molecule has 1 aliphatic rings. The van der Waals surface area contributed by atoms with Gasteiger partial charge in [0.2, 0.25) is 5.91 Å². The molecule has 1 heterocycles. The second-order valence-corrected chi connectivity index (χ2v) is 5.75. The molecule has 1 aliphatic heterocycles. The summed E-state index contributed by atoms with van der Waals surface area (Å²) >= 11 is 0. The number of hydrogen-bond acceptors (Lipinski definition) is 3. The van der Waals surface area contributed by atoms with Crippen LogP contribution in [0.4, 0.5) is 8.78 Å². The highest BCUT2D eigenvalue weighted by Crippen LogP contribution is 2.36. The summed E-state index contributed by atoms with van der Waals surface area (Å²) in [6, 6.07) is 6.25. The minimum atomic E-state index is -3.63. The number of aryl methyl sites for hydroxylation is 1. The van der Waals surface area contributed by atoms with Crippen LogP contribution >= 0.6 is 0 Å². The van der Waals surface area contributed by atoms with E-state index in [0.29, 0.717) is 24.9 Å². The highest BCUT2D eigenvalue weighted by Gasteiger charge is 2.45. The molecule has 1 atom stereocenters. The Morgan fingerprint density at radius 2 is 2.00 bits per heavy atom. The van der Waals surface area contributed by atoms with E-state index in [9.17, 15) is 18.4 Å². The van der Waals surface area contributed by atoms with Crippen LogP contribution in [-0.4, -0.2) is 35.9 Å². The molecule has 1 amide bonds. The fourth-order valence-corrected chi connectivity index (χ4v) is 2.76. The average molecular weight is 325 g/mol. The topological polar surface area (TPSA) is 46.6 Å². The third-order valence-corrected chi connectivity index (χ3v) is 3.97. The van der Waals surface area contributed by atoms with E-state index in [1.807, 2.05) is 19.1 Å². The molecule has 4 nitrogen and oxygen atoms in total. The Bertz CT molecular complexity index is 572. The summed E-state index contributed by atoms with van der Waals surface area (Å²) in [5, 5.41) is 0. The molecule has 1 saturated heterocycles. The lowest BCUT2D eigenvalue weighted by atomic mass is 9.97. The molecular weight excluding hydrogens is 304 g/mol. The van der Waals surface area contributed by atoms with Crippen LogP contribution in [0.5, 0.6) is 0 Å². The second kappa shape index (κ2) is 7.06. The summed E-state index contributed by atoms with van der Waals surface area (Å²) in [5.74, 6) is -5.33. The predicted octanol–water partition coefficient (Wildman–Crippen LogP) is 3.25. The van der Waals surface area contributed by atoms with Gasteiger partial charge in [-0.2, -0.15) is 8.78 Å².